The maximum Gasteiger partial charge on any atom is 0.158 e. The van der Waals surface area contributed by atoms with Gasteiger partial charge in [-0.05, 0) is 32.2 Å². The molecule has 0 aromatic carbocycles. The van der Waals surface area contributed by atoms with Gasteiger partial charge < -0.3 is 14.2 Å². The molecule has 2 fully saturated rings. The SMILES string of the molecule is Cn1c(CO)nnc1[C@H]1CCCN(Cc2cncn2C2CCCCC2)C1. The van der Waals surface area contributed by atoms with E-state index in [1.807, 2.05) is 24.1 Å². The Bertz CT molecular complexity index is 717. The van der Waals surface area contributed by atoms with Gasteiger partial charge in [0.15, 0.2) is 5.82 Å². The van der Waals surface area contributed by atoms with E-state index in [2.05, 4.69) is 24.6 Å². The molecule has 1 aliphatic carbocycles. The molecule has 0 bridgehead atoms. The Labute approximate surface area is 155 Å². The molecule has 2 aromatic heterocycles. The fourth-order valence-corrected chi connectivity index (χ4v) is 4.65. The van der Waals surface area contributed by atoms with Gasteiger partial charge in [-0.15, -0.1) is 10.2 Å². The zero-order valence-corrected chi connectivity index (χ0v) is 15.7. The second-order valence-electron chi connectivity index (χ2n) is 7.85. The van der Waals surface area contributed by atoms with Crippen molar-refractivity contribution in [1.82, 2.24) is 29.2 Å². The summed E-state index contributed by atoms with van der Waals surface area (Å²) in [6, 6.07) is 0.632. The van der Waals surface area contributed by atoms with Gasteiger partial charge in [0, 0.05) is 38.3 Å². The normalized spacial score (nSPS) is 22.8. The van der Waals surface area contributed by atoms with Crippen LogP contribution in [0.25, 0.3) is 0 Å². The number of piperidine rings is 1. The first-order chi connectivity index (χ1) is 12.8. The van der Waals surface area contributed by atoms with Crippen molar-refractivity contribution in [3.8, 4) is 0 Å². The average molecular weight is 358 g/mol. The van der Waals surface area contributed by atoms with Crippen LogP contribution in [0.2, 0.25) is 0 Å². The van der Waals surface area contributed by atoms with Gasteiger partial charge in [-0.2, -0.15) is 0 Å². The zero-order valence-electron chi connectivity index (χ0n) is 15.7. The van der Waals surface area contributed by atoms with Crippen LogP contribution in [0.5, 0.6) is 0 Å². The van der Waals surface area contributed by atoms with Gasteiger partial charge in [-0.3, -0.25) is 4.90 Å². The summed E-state index contributed by atoms with van der Waals surface area (Å²) in [7, 11) is 1.96. The van der Waals surface area contributed by atoms with Gasteiger partial charge in [0.1, 0.15) is 12.4 Å². The molecule has 142 valence electrons. The lowest BCUT2D eigenvalue weighted by molar-refractivity contribution is 0.187. The summed E-state index contributed by atoms with van der Waals surface area (Å²) in [6.07, 6.45) is 13.0. The van der Waals surface area contributed by atoms with Crippen molar-refractivity contribution in [1.29, 1.82) is 0 Å². The number of hydrogen-bond acceptors (Lipinski definition) is 5. The van der Waals surface area contributed by atoms with Crippen LogP contribution in [0.4, 0.5) is 0 Å². The topological polar surface area (TPSA) is 72.0 Å². The quantitative estimate of drug-likeness (QED) is 0.888. The Hall–Kier alpha value is -1.73. The van der Waals surface area contributed by atoms with Crippen LogP contribution in [-0.4, -0.2) is 47.4 Å². The predicted octanol–water partition coefficient (Wildman–Crippen LogP) is 2.39. The Morgan fingerprint density at radius 1 is 1.12 bits per heavy atom. The lowest BCUT2D eigenvalue weighted by atomic mass is 9.95. The molecule has 1 saturated carbocycles. The van der Waals surface area contributed by atoms with Crippen LogP contribution in [0.1, 0.15) is 74.2 Å². The van der Waals surface area contributed by atoms with E-state index in [0.717, 1.165) is 31.9 Å². The van der Waals surface area contributed by atoms with E-state index in [1.54, 1.807) is 0 Å². The third-order valence-electron chi connectivity index (χ3n) is 6.11. The van der Waals surface area contributed by atoms with Crippen molar-refractivity contribution < 1.29 is 5.11 Å². The minimum Gasteiger partial charge on any atom is -0.388 e. The highest BCUT2D eigenvalue weighted by atomic mass is 16.3. The lowest BCUT2D eigenvalue weighted by Crippen LogP contribution is -2.35. The molecule has 2 aromatic rings. The summed E-state index contributed by atoms with van der Waals surface area (Å²) in [5.41, 5.74) is 1.34. The Morgan fingerprint density at radius 2 is 1.96 bits per heavy atom. The molecule has 0 unspecified atom stereocenters. The summed E-state index contributed by atoms with van der Waals surface area (Å²) in [5, 5.41) is 17.8. The largest absolute Gasteiger partial charge is 0.388 e. The first-order valence-electron chi connectivity index (χ1n) is 9.98. The zero-order chi connectivity index (χ0) is 17.9. The molecule has 26 heavy (non-hydrogen) atoms. The summed E-state index contributed by atoms with van der Waals surface area (Å²) in [5.74, 6) is 2.03. The summed E-state index contributed by atoms with van der Waals surface area (Å²) in [4.78, 5) is 6.98. The molecule has 1 saturated heterocycles. The van der Waals surface area contributed by atoms with E-state index in [1.165, 1.54) is 44.2 Å². The molecule has 7 heteroatoms. The highest BCUT2D eigenvalue weighted by molar-refractivity contribution is 5.06. The minimum atomic E-state index is -0.0551. The molecule has 7 nitrogen and oxygen atoms in total. The van der Waals surface area contributed by atoms with Gasteiger partial charge in [0.25, 0.3) is 0 Å². The second-order valence-corrected chi connectivity index (χ2v) is 7.85. The predicted molar refractivity (Wildman–Crippen MR) is 98.5 cm³/mol. The molecule has 1 aliphatic heterocycles. The van der Waals surface area contributed by atoms with Crippen LogP contribution < -0.4 is 0 Å². The molecule has 1 atom stereocenters. The molecule has 0 radical (unpaired) electrons. The van der Waals surface area contributed by atoms with E-state index in [4.69, 9.17) is 0 Å². The highest BCUT2D eigenvalue weighted by Gasteiger charge is 2.27. The molecule has 1 N–H and O–H groups in total. The van der Waals surface area contributed by atoms with Gasteiger partial charge in [0.2, 0.25) is 0 Å². The van der Waals surface area contributed by atoms with Gasteiger partial charge >= 0.3 is 0 Å². The van der Waals surface area contributed by atoms with E-state index in [9.17, 15) is 5.11 Å². The number of aliphatic hydroxyl groups is 1. The van der Waals surface area contributed by atoms with E-state index >= 15 is 0 Å². The number of imidazole rings is 1. The maximum absolute atomic E-state index is 9.36. The first-order valence-corrected chi connectivity index (χ1v) is 9.98. The highest BCUT2D eigenvalue weighted by Crippen LogP contribution is 2.31. The van der Waals surface area contributed by atoms with Crippen molar-refractivity contribution in [2.45, 2.75) is 70.1 Å². The number of hydrogen-bond donors (Lipinski definition) is 1. The van der Waals surface area contributed by atoms with Gasteiger partial charge in [-0.25, -0.2) is 4.98 Å². The van der Waals surface area contributed by atoms with Crippen molar-refractivity contribution in [2.75, 3.05) is 13.1 Å². The molecular formula is C19H30N6O. The van der Waals surface area contributed by atoms with E-state index in [-0.39, 0.29) is 6.61 Å². The maximum atomic E-state index is 9.36. The lowest BCUT2D eigenvalue weighted by Gasteiger charge is -2.33. The van der Waals surface area contributed by atoms with Crippen LogP contribution in [0, 0.1) is 0 Å². The van der Waals surface area contributed by atoms with Gasteiger partial charge in [0.05, 0.1) is 12.0 Å². The van der Waals surface area contributed by atoms with E-state index < -0.39 is 0 Å². The summed E-state index contributed by atoms with van der Waals surface area (Å²) < 4.78 is 4.38. The Kier molecular flexibility index (Phi) is 5.36. The Balaban J connectivity index is 1.44. The number of aromatic nitrogens is 5. The third-order valence-corrected chi connectivity index (χ3v) is 6.11. The molecule has 0 spiro atoms. The molecule has 3 heterocycles. The average Bonchev–Trinajstić information content (AvgIpc) is 3.29. The van der Waals surface area contributed by atoms with Gasteiger partial charge in [-0.1, -0.05) is 19.3 Å². The summed E-state index contributed by atoms with van der Waals surface area (Å²) in [6.45, 7) is 3.02. The second kappa shape index (κ2) is 7.88. The Morgan fingerprint density at radius 3 is 2.73 bits per heavy atom. The minimum absolute atomic E-state index is 0.0551. The van der Waals surface area contributed by atoms with Crippen molar-refractivity contribution >= 4 is 0 Å². The number of nitrogens with zero attached hydrogens (tertiary/aromatic N) is 6. The molecular weight excluding hydrogens is 328 g/mol. The van der Waals surface area contributed by atoms with Crippen molar-refractivity contribution in [3.05, 3.63) is 29.9 Å². The molecule has 2 aliphatic rings. The van der Waals surface area contributed by atoms with Crippen LogP contribution in [-0.2, 0) is 20.2 Å². The summed E-state index contributed by atoms with van der Waals surface area (Å²) >= 11 is 0. The standard InChI is InChI=1S/C19H30N6O/c1-23-18(13-26)21-22-19(23)15-6-5-9-24(11-15)12-17-10-20-14-25(17)16-7-3-2-4-8-16/h10,14-16,26H,2-9,11-13H2,1H3/t15-/m0/s1. The smallest absolute Gasteiger partial charge is 0.158 e. The fraction of sp³-hybridized carbons (Fsp3) is 0.737. The third kappa shape index (κ3) is 3.55. The van der Waals surface area contributed by atoms with Crippen LogP contribution in [0.3, 0.4) is 0 Å². The fourth-order valence-electron chi connectivity index (χ4n) is 4.65. The monoisotopic (exact) mass is 358 g/mol. The molecule has 0 amide bonds. The van der Waals surface area contributed by atoms with E-state index in [0.29, 0.717) is 17.8 Å². The van der Waals surface area contributed by atoms with Crippen molar-refractivity contribution in [3.63, 3.8) is 0 Å². The molecule has 4 rings (SSSR count). The van der Waals surface area contributed by atoms with Crippen LogP contribution >= 0.6 is 0 Å². The van der Waals surface area contributed by atoms with Crippen LogP contribution in [0.15, 0.2) is 12.5 Å². The number of aliphatic hydroxyl groups excluding tert-OH is 1. The first kappa shape index (κ1) is 17.7. The van der Waals surface area contributed by atoms with Crippen molar-refractivity contribution in [2.24, 2.45) is 7.05 Å². The number of rotatable bonds is 5. The number of likely N-dealkylation sites (tertiary alicyclic amines) is 1.